The maximum absolute atomic E-state index is 11.8. The van der Waals surface area contributed by atoms with E-state index in [2.05, 4.69) is 10.0 Å². The molecule has 0 saturated carbocycles. The molecule has 0 radical (unpaired) electrons. The number of hydrogen-bond acceptors (Lipinski definition) is 3. The van der Waals surface area contributed by atoms with Gasteiger partial charge in [0.05, 0.1) is 6.26 Å². The molecule has 78 valence electrons. The van der Waals surface area contributed by atoms with E-state index < -0.39 is 0 Å². The van der Waals surface area contributed by atoms with Crippen molar-refractivity contribution in [2.45, 2.75) is 0 Å². The number of rotatable bonds is 3. The van der Waals surface area contributed by atoms with Gasteiger partial charge in [0, 0.05) is 16.2 Å². The zero-order chi connectivity index (χ0) is 11.4. The number of nitrogens with zero attached hydrogens (tertiary/aromatic N) is 3. The van der Waals surface area contributed by atoms with Crippen molar-refractivity contribution >= 4 is 11.5 Å². The van der Waals surface area contributed by atoms with Gasteiger partial charge in [-0.15, -0.1) is 0 Å². The van der Waals surface area contributed by atoms with E-state index in [4.69, 9.17) is 9.95 Å². The van der Waals surface area contributed by atoms with Crippen molar-refractivity contribution in [3.63, 3.8) is 0 Å². The van der Waals surface area contributed by atoms with Crippen LogP contribution in [0.15, 0.2) is 52.2 Å². The molecule has 0 aliphatic heterocycles. The largest absolute Gasteiger partial charge is 0.461 e. The fourth-order valence-electron chi connectivity index (χ4n) is 1.28. The Hall–Kier alpha value is -2.52. The molecule has 0 N–H and O–H groups in total. The van der Waals surface area contributed by atoms with Gasteiger partial charge in [0.15, 0.2) is 5.76 Å². The predicted octanol–water partition coefficient (Wildman–Crippen LogP) is 3.45. The SMILES string of the molecule is [N-]=[N+]=Nc1ccc(C(=O)c2ccco2)cc1. The molecule has 16 heavy (non-hydrogen) atoms. The van der Waals surface area contributed by atoms with E-state index in [0.29, 0.717) is 11.3 Å². The van der Waals surface area contributed by atoms with Crippen LogP contribution in [-0.4, -0.2) is 5.78 Å². The van der Waals surface area contributed by atoms with Crippen LogP contribution in [0.3, 0.4) is 0 Å². The fourth-order valence-corrected chi connectivity index (χ4v) is 1.28. The van der Waals surface area contributed by atoms with Gasteiger partial charge >= 0.3 is 0 Å². The van der Waals surface area contributed by atoms with Crippen molar-refractivity contribution in [2.24, 2.45) is 5.11 Å². The third-order valence-corrected chi connectivity index (χ3v) is 2.03. The lowest BCUT2D eigenvalue weighted by Crippen LogP contribution is -1.98. The molecule has 1 aromatic heterocycles. The van der Waals surface area contributed by atoms with Crippen molar-refractivity contribution < 1.29 is 9.21 Å². The van der Waals surface area contributed by atoms with Crippen LogP contribution >= 0.6 is 0 Å². The maximum Gasteiger partial charge on any atom is 0.228 e. The van der Waals surface area contributed by atoms with E-state index in [0.717, 1.165) is 0 Å². The first-order valence-electron chi connectivity index (χ1n) is 4.54. The molecular formula is C11H7N3O2. The number of hydrogen-bond donors (Lipinski definition) is 0. The molecule has 2 rings (SSSR count). The molecule has 0 fully saturated rings. The summed E-state index contributed by atoms with van der Waals surface area (Å²) in [5, 5.41) is 3.42. The molecule has 1 aromatic carbocycles. The van der Waals surface area contributed by atoms with Crippen molar-refractivity contribution in [1.29, 1.82) is 0 Å². The fraction of sp³-hybridized carbons (Fsp3) is 0. The minimum absolute atomic E-state index is 0.197. The molecule has 1 heterocycles. The van der Waals surface area contributed by atoms with Gasteiger partial charge in [-0.3, -0.25) is 4.79 Å². The van der Waals surface area contributed by atoms with Crippen molar-refractivity contribution in [3.8, 4) is 0 Å². The molecule has 0 unspecified atom stereocenters. The Bertz CT molecular complexity index is 537. The molecule has 5 nitrogen and oxygen atoms in total. The molecular weight excluding hydrogens is 206 g/mol. The third kappa shape index (κ3) is 1.94. The van der Waals surface area contributed by atoms with E-state index in [1.807, 2.05) is 0 Å². The van der Waals surface area contributed by atoms with Crippen molar-refractivity contribution in [2.75, 3.05) is 0 Å². The van der Waals surface area contributed by atoms with E-state index in [-0.39, 0.29) is 11.5 Å². The topological polar surface area (TPSA) is 79.0 Å². The molecule has 0 aliphatic carbocycles. The summed E-state index contributed by atoms with van der Waals surface area (Å²) in [5.74, 6) is 0.0917. The Morgan fingerprint density at radius 3 is 2.56 bits per heavy atom. The summed E-state index contributed by atoms with van der Waals surface area (Å²) in [7, 11) is 0. The zero-order valence-electron chi connectivity index (χ0n) is 8.20. The summed E-state index contributed by atoms with van der Waals surface area (Å²) in [6.07, 6.45) is 1.45. The summed E-state index contributed by atoms with van der Waals surface area (Å²) in [4.78, 5) is 14.4. The van der Waals surface area contributed by atoms with Crippen LogP contribution in [-0.2, 0) is 0 Å². The number of ketones is 1. The lowest BCUT2D eigenvalue weighted by atomic mass is 10.1. The minimum atomic E-state index is -0.197. The highest BCUT2D eigenvalue weighted by Gasteiger charge is 2.10. The second-order valence-corrected chi connectivity index (χ2v) is 3.04. The highest BCUT2D eigenvalue weighted by Crippen LogP contribution is 2.16. The molecule has 0 amide bonds. The quantitative estimate of drug-likeness (QED) is 0.338. The van der Waals surface area contributed by atoms with Crippen LogP contribution < -0.4 is 0 Å². The predicted molar refractivity (Wildman–Crippen MR) is 57.4 cm³/mol. The van der Waals surface area contributed by atoms with Crippen molar-refractivity contribution in [1.82, 2.24) is 0 Å². The monoisotopic (exact) mass is 213 g/mol. The lowest BCUT2D eigenvalue weighted by molar-refractivity contribution is 0.101. The molecule has 0 atom stereocenters. The smallest absolute Gasteiger partial charge is 0.228 e. The first-order chi connectivity index (χ1) is 7.81. The molecule has 0 spiro atoms. The Morgan fingerprint density at radius 1 is 1.25 bits per heavy atom. The summed E-state index contributed by atoms with van der Waals surface area (Å²) < 4.78 is 5.00. The number of carbonyl (C=O) groups excluding carboxylic acids is 1. The summed E-state index contributed by atoms with van der Waals surface area (Å²) in [6.45, 7) is 0. The summed E-state index contributed by atoms with van der Waals surface area (Å²) >= 11 is 0. The van der Waals surface area contributed by atoms with Gasteiger partial charge in [0.25, 0.3) is 0 Å². The number of furan rings is 1. The first kappa shape index (κ1) is 10.0. The second-order valence-electron chi connectivity index (χ2n) is 3.04. The molecule has 0 aliphatic rings. The Balaban J connectivity index is 2.28. The summed E-state index contributed by atoms with van der Waals surface area (Å²) in [6, 6.07) is 9.60. The van der Waals surface area contributed by atoms with Crippen LogP contribution in [0.4, 0.5) is 5.69 Å². The van der Waals surface area contributed by atoms with E-state index in [9.17, 15) is 4.79 Å². The molecule has 0 saturated heterocycles. The van der Waals surface area contributed by atoms with Crippen LogP contribution in [0, 0.1) is 0 Å². The maximum atomic E-state index is 11.8. The van der Waals surface area contributed by atoms with Crippen molar-refractivity contribution in [3.05, 3.63) is 64.4 Å². The van der Waals surface area contributed by atoms with Gasteiger partial charge < -0.3 is 4.42 Å². The number of carbonyl (C=O) groups is 1. The number of benzene rings is 1. The van der Waals surface area contributed by atoms with Crippen LogP contribution in [0.25, 0.3) is 10.4 Å². The minimum Gasteiger partial charge on any atom is -0.461 e. The summed E-state index contributed by atoms with van der Waals surface area (Å²) in [5.41, 5.74) is 9.19. The molecule has 5 heteroatoms. The van der Waals surface area contributed by atoms with E-state index in [1.54, 1.807) is 36.4 Å². The molecule has 0 bridgehead atoms. The Kier molecular flexibility index (Phi) is 2.71. The van der Waals surface area contributed by atoms with Gasteiger partial charge in [0.1, 0.15) is 0 Å². The molecule has 2 aromatic rings. The van der Waals surface area contributed by atoms with Gasteiger partial charge in [-0.25, -0.2) is 0 Å². The third-order valence-electron chi connectivity index (χ3n) is 2.03. The average Bonchev–Trinajstić information content (AvgIpc) is 2.83. The highest BCUT2D eigenvalue weighted by atomic mass is 16.3. The Morgan fingerprint density at radius 2 is 2.00 bits per heavy atom. The zero-order valence-corrected chi connectivity index (χ0v) is 8.20. The van der Waals surface area contributed by atoms with Crippen LogP contribution in [0.2, 0.25) is 0 Å². The lowest BCUT2D eigenvalue weighted by Gasteiger charge is -1.97. The average molecular weight is 213 g/mol. The standard InChI is InChI=1S/C11H7N3O2/c12-14-13-9-5-3-8(4-6-9)11(15)10-2-1-7-16-10/h1-7H. The van der Waals surface area contributed by atoms with Gasteiger partial charge in [-0.1, -0.05) is 29.4 Å². The van der Waals surface area contributed by atoms with E-state index in [1.165, 1.54) is 6.26 Å². The number of azide groups is 1. The Labute approximate surface area is 90.9 Å². The van der Waals surface area contributed by atoms with Crippen LogP contribution in [0.5, 0.6) is 0 Å². The normalized spacial score (nSPS) is 9.50. The van der Waals surface area contributed by atoms with Gasteiger partial charge in [-0.2, -0.15) is 0 Å². The van der Waals surface area contributed by atoms with Gasteiger partial charge in [0.2, 0.25) is 5.78 Å². The van der Waals surface area contributed by atoms with Gasteiger partial charge in [-0.05, 0) is 17.7 Å². The highest BCUT2D eigenvalue weighted by molar-refractivity contribution is 6.07. The van der Waals surface area contributed by atoms with E-state index >= 15 is 0 Å². The first-order valence-corrected chi connectivity index (χ1v) is 4.54. The second kappa shape index (κ2) is 4.33. The van der Waals surface area contributed by atoms with Crippen LogP contribution in [0.1, 0.15) is 16.1 Å².